The van der Waals surface area contributed by atoms with Crippen LogP contribution in [0.4, 0.5) is 4.39 Å². The Balaban J connectivity index is 1.62. The largest absolute Gasteiger partial charge is 0.340 e. The summed E-state index contributed by atoms with van der Waals surface area (Å²) in [6, 6.07) is 8.47. The SMILES string of the molecule is C=C/C=C(/c1cccc(F)c1)c1nc(-c2[nH]nc3ncc(-c4cnc(C)n4C)cc23)[nH]c1C. The molecule has 0 fully saturated rings. The predicted molar refractivity (Wildman–Crippen MR) is 127 cm³/mol. The molecule has 8 heteroatoms. The molecule has 2 N–H and O–H groups in total. The van der Waals surface area contributed by atoms with Gasteiger partial charge in [-0.25, -0.2) is 19.3 Å². The normalized spacial score (nSPS) is 11.9. The Morgan fingerprint density at radius 1 is 1.15 bits per heavy atom. The van der Waals surface area contributed by atoms with E-state index in [2.05, 4.69) is 31.7 Å². The lowest BCUT2D eigenvalue weighted by atomic mass is 10.0. The van der Waals surface area contributed by atoms with E-state index < -0.39 is 0 Å². The van der Waals surface area contributed by atoms with Crippen molar-refractivity contribution < 1.29 is 4.39 Å². The van der Waals surface area contributed by atoms with Gasteiger partial charge in [0.25, 0.3) is 0 Å². The van der Waals surface area contributed by atoms with E-state index in [-0.39, 0.29) is 5.82 Å². The van der Waals surface area contributed by atoms with Crippen molar-refractivity contribution in [3.05, 3.63) is 90.0 Å². The first-order valence-electron chi connectivity index (χ1n) is 10.4. The van der Waals surface area contributed by atoms with Crippen molar-refractivity contribution in [2.45, 2.75) is 13.8 Å². The van der Waals surface area contributed by atoms with Crippen molar-refractivity contribution in [1.82, 2.24) is 34.7 Å². The summed E-state index contributed by atoms with van der Waals surface area (Å²) >= 11 is 0. The fourth-order valence-electron chi connectivity index (χ4n) is 3.92. The summed E-state index contributed by atoms with van der Waals surface area (Å²) in [6.45, 7) is 7.70. The van der Waals surface area contributed by atoms with Gasteiger partial charge in [0.15, 0.2) is 11.5 Å². The predicted octanol–water partition coefficient (Wildman–Crippen LogP) is 5.12. The van der Waals surface area contributed by atoms with Crippen molar-refractivity contribution in [3.63, 3.8) is 0 Å². The monoisotopic (exact) mass is 439 g/mol. The van der Waals surface area contributed by atoms with Crippen molar-refractivity contribution >= 4 is 16.6 Å². The van der Waals surface area contributed by atoms with Crippen LogP contribution in [0.5, 0.6) is 0 Å². The van der Waals surface area contributed by atoms with Crippen LogP contribution in [0.2, 0.25) is 0 Å². The summed E-state index contributed by atoms with van der Waals surface area (Å²) in [6.07, 6.45) is 7.12. The number of fused-ring (bicyclic) bond motifs is 1. The number of nitrogens with one attached hydrogen (secondary N) is 2. The van der Waals surface area contributed by atoms with Crippen LogP contribution in [0.1, 0.15) is 22.8 Å². The molecule has 33 heavy (non-hydrogen) atoms. The Labute approximate surface area is 189 Å². The highest BCUT2D eigenvalue weighted by atomic mass is 19.1. The van der Waals surface area contributed by atoms with Crippen LogP contribution in [-0.4, -0.2) is 34.7 Å². The number of aromatic nitrogens is 7. The molecule has 4 heterocycles. The Bertz CT molecular complexity index is 1530. The minimum atomic E-state index is -0.306. The number of H-pyrrole nitrogens is 2. The first-order valence-corrected chi connectivity index (χ1v) is 10.4. The number of rotatable bonds is 5. The minimum absolute atomic E-state index is 0.306. The number of hydrogen-bond donors (Lipinski definition) is 2. The van der Waals surface area contributed by atoms with Gasteiger partial charge < -0.3 is 9.55 Å². The molecule has 1 aromatic carbocycles. The molecule has 0 saturated carbocycles. The number of benzene rings is 1. The third-order valence-electron chi connectivity index (χ3n) is 5.72. The molecule has 0 bridgehead atoms. The van der Waals surface area contributed by atoms with Crippen LogP contribution in [0.25, 0.3) is 39.4 Å². The molecule has 0 aliphatic rings. The number of nitrogens with zero attached hydrogens (tertiary/aromatic N) is 5. The lowest BCUT2D eigenvalue weighted by Gasteiger charge is -2.06. The number of imidazole rings is 2. The maximum atomic E-state index is 13.9. The highest BCUT2D eigenvalue weighted by molar-refractivity contribution is 5.92. The van der Waals surface area contributed by atoms with E-state index >= 15 is 0 Å². The van der Waals surface area contributed by atoms with Gasteiger partial charge in [0, 0.05) is 30.1 Å². The lowest BCUT2D eigenvalue weighted by molar-refractivity contribution is 0.627. The fourth-order valence-corrected chi connectivity index (χ4v) is 3.92. The number of pyridine rings is 1. The molecule has 164 valence electrons. The number of aromatic amines is 2. The quantitative estimate of drug-likeness (QED) is 0.372. The molecule has 0 spiro atoms. The molecule has 0 atom stereocenters. The average molecular weight is 439 g/mol. The summed E-state index contributed by atoms with van der Waals surface area (Å²) in [5.41, 5.74) is 6.27. The van der Waals surface area contributed by atoms with Crippen molar-refractivity contribution in [3.8, 4) is 22.8 Å². The topological polar surface area (TPSA) is 88.1 Å². The molecule has 0 saturated heterocycles. The first kappa shape index (κ1) is 20.6. The van der Waals surface area contributed by atoms with Crippen LogP contribution in [0, 0.1) is 19.7 Å². The smallest absolute Gasteiger partial charge is 0.181 e. The van der Waals surface area contributed by atoms with Crippen molar-refractivity contribution in [2.75, 3.05) is 0 Å². The van der Waals surface area contributed by atoms with E-state index in [1.54, 1.807) is 18.3 Å². The van der Waals surface area contributed by atoms with E-state index in [0.29, 0.717) is 17.2 Å². The van der Waals surface area contributed by atoms with Gasteiger partial charge >= 0.3 is 0 Å². The molecule has 0 aliphatic carbocycles. The number of hydrogen-bond acceptors (Lipinski definition) is 4. The van der Waals surface area contributed by atoms with Crippen LogP contribution in [0.3, 0.4) is 0 Å². The van der Waals surface area contributed by atoms with Crippen LogP contribution in [0.15, 0.2) is 61.5 Å². The number of aryl methyl sites for hydroxylation is 2. The molecular formula is C25H22FN7. The average Bonchev–Trinajstić information content (AvgIpc) is 3.49. The first-order chi connectivity index (χ1) is 16.0. The van der Waals surface area contributed by atoms with Gasteiger partial charge in [-0.3, -0.25) is 5.10 Å². The Morgan fingerprint density at radius 2 is 2.00 bits per heavy atom. The van der Waals surface area contributed by atoms with Gasteiger partial charge in [-0.2, -0.15) is 5.10 Å². The van der Waals surface area contributed by atoms with E-state index in [9.17, 15) is 4.39 Å². The Morgan fingerprint density at radius 3 is 2.73 bits per heavy atom. The zero-order valence-electron chi connectivity index (χ0n) is 18.5. The molecule has 7 nitrogen and oxygen atoms in total. The molecule has 4 aromatic heterocycles. The zero-order valence-corrected chi connectivity index (χ0v) is 18.5. The van der Waals surface area contributed by atoms with Crippen molar-refractivity contribution in [2.24, 2.45) is 7.05 Å². The van der Waals surface area contributed by atoms with Gasteiger partial charge in [0.05, 0.1) is 23.0 Å². The third-order valence-corrected chi connectivity index (χ3v) is 5.72. The van der Waals surface area contributed by atoms with E-state index in [1.807, 2.05) is 49.9 Å². The molecule has 0 unspecified atom stereocenters. The minimum Gasteiger partial charge on any atom is -0.340 e. The molecule has 0 radical (unpaired) electrons. The summed E-state index contributed by atoms with van der Waals surface area (Å²) in [4.78, 5) is 17.1. The van der Waals surface area contributed by atoms with E-state index in [0.717, 1.165) is 45.0 Å². The van der Waals surface area contributed by atoms with E-state index in [4.69, 9.17) is 4.98 Å². The van der Waals surface area contributed by atoms with Gasteiger partial charge in [0.1, 0.15) is 17.3 Å². The molecule has 5 aromatic rings. The maximum absolute atomic E-state index is 13.9. The summed E-state index contributed by atoms with van der Waals surface area (Å²) < 4.78 is 15.9. The van der Waals surface area contributed by atoms with Gasteiger partial charge in [-0.15, -0.1) is 0 Å². The van der Waals surface area contributed by atoms with E-state index in [1.165, 1.54) is 12.1 Å². The Hall–Kier alpha value is -4.33. The Kier molecular flexibility index (Phi) is 4.97. The van der Waals surface area contributed by atoms with Gasteiger partial charge in [-0.05, 0) is 37.6 Å². The van der Waals surface area contributed by atoms with Crippen molar-refractivity contribution in [1.29, 1.82) is 0 Å². The molecule has 5 rings (SSSR count). The van der Waals surface area contributed by atoms with Crippen LogP contribution in [-0.2, 0) is 7.05 Å². The number of halogens is 1. The highest BCUT2D eigenvalue weighted by Crippen LogP contribution is 2.31. The molecule has 0 aliphatic heterocycles. The maximum Gasteiger partial charge on any atom is 0.181 e. The standard InChI is InChI=1S/C25H22FN7/c1-5-7-19(16-8-6-9-18(26)10-16)22-14(2)29-25(30-22)23-20-11-17(12-28-24(20)32-31-23)21-13-27-15(3)33(21)4/h5-13H,1H2,2-4H3,(H,29,30)(H,28,31,32)/b19-7-. The summed E-state index contributed by atoms with van der Waals surface area (Å²) in [5, 5.41) is 8.25. The third kappa shape index (κ3) is 3.55. The fraction of sp³-hybridized carbons (Fsp3) is 0.120. The zero-order chi connectivity index (χ0) is 23.1. The number of allylic oxidation sites excluding steroid dienone is 2. The molecular weight excluding hydrogens is 417 g/mol. The summed E-state index contributed by atoms with van der Waals surface area (Å²) in [7, 11) is 1.97. The van der Waals surface area contributed by atoms with Crippen LogP contribution >= 0.6 is 0 Å². The highest BCUT2D eigenvalue weighted by Gasteiger charge is 2.19. The summed E-state index contributed by atoms with van der Waals surface area (Å²) in [5.74, 6) is 1.23. The molecule has 0 amide bonds. The van der Waals surface area contributed by atoms with Gasteiger partial charge in [0.2, 0.25) is 0 Å². The second-order valence-corrected chi connectivity index (χ2v) is 7.83. The lowest BCUT2D eigenvalue weighted by Crippen LogP contribution is -1.94. The second kappa shape index (κ2) is 7.98. The second-order valence-electron chi connectivity index (χ2n) is 7.83. The van der Waals surface area contributed by atoms with Crippen LogP contribution < -0.4 is 0 Å². The van der Waals surface area contributed by atoms with Gasteiger partial charge in [-0.1, -0.05) is 30.9 Å².